The number of carboxylic acids is 1. The molecule has 5 heteroatoms. The summed E-state index contributed by atoms with van der Waals surface area (Å²) in [5.41, 5.74) is -1.92. The molecule has 0 aromatic carbocycles. The summed E-state index contributed by atoms with van der Waals surface area (Å²) in [5, 5.41) is 9.22. The van der Waals surface area contributed by atoms with E-state index in [1.54, 1.807) is 20.8 Å². The van der Waals surface area contributed by atoms with Crippen molar-refractivity contribution in [1.29, 1.82) is 0 Å². The fraction of sp³-hybridized carbons (Fsp3) is 0.846. The van der Waals surface area contributed by atoms with Crippen LogP contribution in [0.15, 0.2) is 0 Å². The van der Waals surface area contributed by atoms with Crippen LogP contribution in [0.2, 0.25) is 0 Å². The highest BCUT2D eigenvalue weighted by Crippen LogP contribution is 2.20. The van der Waals surface area contributed by atoms with E-state index in [1.807, 2.05) is 13.8 Å². The maximum atomic E-state index is 12.1. The van der Waals surface area contributed by atoms with Gasteiger partial charge in [0.25, 0.3) is 0 Å². The van der Waals surface area contributed by atoms with Gasteiger partial charge in [-0.1, -0.05) is 13.8 Å². The standard InChI is InChI=1S/C13H25NO4/c1-9(2)8-14(13(6,7)10(15)16)11(17)18-12(3,4)5/h9H,8H2,1-7H3,(H,15,16). The molecule has 0 bridgehead atoms. The number of carbonyl (C=O) groups excluding carboxylic acids is 1. The number of carboxylic acid groups (broad SMARTS) is 1. The molecule has 0 aliphatic heterocycles. The molecule has 0 aliphatic rings. The molecular weight excluding hydrogens is 234 g/mol. The summed E-state index contributed by atoms with van der Waals surface area (Å²) in [7, 11) is 0. The van der Waals surface area contributed by atoms with Crippen LogP contribution in [-0.4, -0.2) is 39.8 Å². The Balaban J connectivity index is 5.12. The molecule has 0 spiro atoms. The summed E-state index contributed by atoms with van der Waals surface area (Å²) in [6.07, 6.45) is -0.594. The Labute approximate surface area is 109 Å². The average Bonchev–Trinajstić information content (AvgIpc) is 2.10. The molecule has 0 rings (SSSR count). The molecule has 1 amide bonds. The van der Waals surface area contributed by atoms with Crippen LogP contribution < -0.4 is 0 Å². The van der Waals surface area contributed by atoms with Crippen molar-refractivity contribution >= 4 is 12.1 Å². The van der Waals surface area contributed by atoms with Gasteiger partial charge in [0.15, 0.2) is 0 Å². The Morgan fingerprint density at radius 2 is 1.61 bits per heavy atom. The van der Waals surface area contributed by atoms with Crippen molar-refractivity contribution in [3.8, 4) is 0 Å². The summed E-state index contributed by atoms with van der Waals surface area (Å²) < 4.78 is 5.26. The first-order valence-corrected chi connectivity index (χ1v) is 6.12. The molecule has 1 N–H and O–H groups in total. The van der Waals surface area contributed by atoms with Crippen molar-refractivity contribution < 1.29 is 19.4 Å². The third-order valence-electron chi connectivity index (χ3n) is 2.36. The minimum absolute atomic E-state index is 0.163. The maximum Gasteiger partial charge on any atom is 0.411 e. The lowest BCUT2D eigenvalue weighted by molar-refractivity contribution is -0.149. The zero-order valence-electron chi connectivity index (χ0n) is 12.4. The lowest BCUT2D eigenvalue weighted by atomic mass is 10.0. The summed E-state index contributed by atoms with van der Waals surface area (Å²) in [6, 6.07) is 0. The summed E-state index contributed by atoms with van der Waals surface area (Å²) in [4.78, 5) is 24.6. The third-order valence-corrected chi connectivity index (χ3v) is 2.36. The smallest absolute Gasteiger partial charge is 0.411 e. The van der Waals surface area contributed by atoms with Crippen LogP contribution in [0.3, 0.4) is 0 Å². The monoisotopic (exact) mass is 259 g/mol. The van der Waals surface area contributed by atoms with Gasteiger partial charge in [-0.2, -0.15) is 0 Å². The molecule has 0 radical (unpaired) electrons. The predicted octanol–water partition coefficient (Wildman–Crippen LogP) is 2.74. The molecule has 0 aromatic heterocycles. The van der Waals surface area contributed by atoms with Gasteiger partial charge >= 0.3 is 12.1 Å². The first kappa shape index (κ1) is 16.7. The lowest BCUT2D eigenvalue weighted by Gasteiger charge is -2.37. The summed E-state index contributed by atoms with van der Waals surface area (Å²) in [6.45, 7) is 12.5. The van der Waals surface area contributed by atoms with E-state index in [2.05, 4.69) is 0 Å². The summed E-state index contributed by atoms with van der Waals surface area (Å²) in [5.74, 6) is -0.884. The Morgan fingerprint density at radius 1 is 1.17 bits per heavy atom. The van der Waals surface area contributed by atoms with E-state index >= 15 is 0 Å². The van der Waals surface area contributed by atoms with Crippen LogP contribution in [0.5, 0.6) is 0 Å². The second kappa shape index (κ2) is 5.59. The largest absolute Gasteiger partial charge is 0.480 e. The first-order valence-electron chi connectivity index (χ1n) is 6.12. The Morgan fingerprint density at radius 3 is 1.89 bits per heavy atom. The second-order valence-corrected chi connectivity index (χ2v) is 6.35. The van der Waals surface area contributed by atoms with E-state index in [9.17, 15) is 14.7 Å². The van der Waals surface area contributed by atoms with Gasteiger partial charge in [0.05, 0.1) is 0 Å². The van der Waals surface area contributed by atoms with Crippen molar-refractivity contribution in [3.63, 3.8) is 0 Å². The van der Waals surface area contributed by atoms with E-state index in [0.717, 1.165) is 0 Å². The van der Waals surface area contributed by atoms with Gasteiger partial charge in [0.2, 0.25) is 0 Å². The van der Waals surface area contributed by atoms with Gasteiger partial charge in [0.1, 0.15) is 11.1 Å². The molecule has 0 atom stereocenters. The van der Waals surface area contributed by atoms with Crippen LogP contribution in [0, 0.1) is 5.92 Å². The predicted molar refractivity (Wildman–Crippen MR) is 69.5 cm³/mol. The van der Waals surface area contributed by atoms with Crippen LogP contribution in [0.25, 0.3) is 0 Å². The fourth-order valence-electron chi connectivity index (χ4n) is 1.33. The van der Waals surface area contributed by atoms with Crippen molar-refractivity contribution in [2.24, 2.45) is 5.92 Å². The van der Waals surface area contributed by atoms with E-state index in [-0.39, 0.29) is 5.92 Å². The molecule has 0 saturated carbocycles. The minimum Gasteiger partial charge on any atom is -0.480 e. The van der Waals surface area contributed by atoms with Gasteiger partial charge < -0.3 is 9.84 Å². The van der Waals surface area contributed by atoms with Gasteiger partial charge in [-0.15, -0.1) is 0 Å². The SMILES string of the molecule is CC(C)CN(C(=O)OC(C)(C)C)C(C)(C)C(=O)O. The molecule has 5 nitrogen and oxygen atoms in total. The summed E-state index contributed by atoms with van der Waals surface area (Å²) >= 11 is 0. The quantitative estimate of drug-likeness (QED) is 0.843. The van der Waals surface area contributed by atoms with Gasteiger partial charge in [0, 0.05) is 6.54 Å². The highest BCUT2D eigenvalue weighted by molar-refractivity contribution is 5.83. The van der Waals surface area contributed by atoms with Gasteiger partial charge in [-0.05, 0) is 40.5 Å². The number of rotatable bonds is 4. The van der Waals surface area contributed by atoms with Crippen molar-refractivity contribution in [2.75, 3.05) is 6.54 Å². The number of nitrogens with zero attached hydrogens (tertiary/aromatic N) is 1. The van der Waals surface area contributed by atoms with E-state index < -0.39 is 23.2 Å². The second-order valence-electron chi connectivity index (χ2n) is 6.35. The van der Waals surface area contributed by atoms with Crippen LogP contribution in [0.1, 0.15) is 48.5 Å². The van der Waals surface area contributed by atoms with Gasteiger partial charge in [-0.3, -0.25) is 4.90 Å². The highest BCUT2D eigenvalue weighted by atomic mass is 16.6. The first-order chi connectivity index (χ1) is 7.88. The number of hydrogen-bond donors (Lipinski definition) is 1. The minimum atomic E-state index is -1.29. The molecule has 0 fully saturated rings. The highest BCUT2D eigenvalue weighted by Gasteiger charge is 2.40. The number of ether oxygens (including phenoxy) is 1. The van der Waals surface area contributed by atoms with Gasteiger partial charge in [-0.25, -0.2) is 9.59 Å². The number of carbonyl (C=O) groups is 2. The van der Waals surface area contributed by atoms with Crippen molar-refractivity contribution in [1.82, 2.24) is 4.90 Å². The normalized spacial score (nSPS) is 12.4. The Hall–Kier alpha value is -1.26. The third kappa shape index (κ3) is 4.94. The molecule has 18 heavy (non-hydrogen) atoms. The van der Waals surface area contributed by atoms with Crippen LogP contribution in [-0.2, 0) is 9.53 Å². The number of aliphatic carboxylic acids is 1. The maximum absolute atomic E-state index is 12.1. The molecule has 0 aromatic rings. The number of hydrogen-bond acceptors (Lipinski definition) is 3. The van der Waals surface area contributed by atoms with Crippen LogP contribution >= 0.6 is 0 Å². The fourth-order valence-corrected chi connectivity index (χ4v) is 1.33. The average molecular weight is 259 g/mol. The van der Waals surface area contributed by atoms with Crippen LogP contribution in [0.4, 0.5) is 4.79 Å². The van der Waals surface area contributed by atoms with E-state index in [4.69, 9.17) is 4.74 Å². The molecular formula is C13H25NO4. The topological polar surface area (TPSA) is 66.8 Å². The number of amides is 1. The molecule has 0 heterocycles. The van der Waals surface area contributed by atoms with E-state index in [0.29, 0.717) is 6.54 Å². The molecule has 106 valence electrons. The molecule has 0 saturated heterocycles. The Bertz CT molecular complexity index is 315. The lowest BCUT2D eigenvalue weighted by Crippen LogP contribution is -2.55. The van der Waals surface area contributed by atoms with Crippen molar-refractivity contribution in [2.45, 2.75) is 59.6 Å². The zero-order chi connectivity index (χ0) is 14.7. The van der Waals surface area contributed by atoms with E-state index in [1.165, 1.54) is 18.7 Å². The zero-order valence-corrected chi connectivity index (χ0v) is 12.4. The van der Waals surface area contributed by atoms with Crippen molar-refractivity contribution in [3.05, 3.63) is 0 Å². The molecule has 0 aliphatic carbocycles. The molecule has 0 unspecified atom stereocenters. The Kier molecular flexibility index (Phi) is 5.20.